The number of ketones is 1. The Labute approximate surface area is 125 Å². The van der Waals surface area contributed by atoms with Crippen LogP contribution in [0.1, 0.15) is 17.3 Å². The molecule has 3 heteroatoms. The molecule has 3 rings (SSSR count). The summed E-state index contributed by atoms with van der Waals surface area (Å²) in [5.74, 6) is 0.0914. The van der Waals surface area contributed by atoms with Crippen molar-refractivity contribution in [2.24, 2.45) is 0 Å². The first kappa shape index (κ1) is 13.2. The van der Waals surface area contributed by atoms with Gasteiger partial charge in [0.2, 0.25) is 0 Å². The first-order chi connectivity index (χ1) is 9.79. The van der Waals surface area contributed by atoms with Gasteiger partial charge in [-0.2, -0.15) is 0 Å². The second kappa shape index (κ2) is 5.66. The number of benzene rings is 2. The first-order valence-electron chi connectivity index (χ1n) is 6.65. The van der Waals surface area contributed by atoms with Crippen molar-refractivity contribution < 1.29 is 4.79 Å². The molecular formula is C17H15NOSe. The van der Waals surface area contributed by atoms with Crippen LogP contribution >= 0.6 is 0 Å². The van der Waals surface area contributed by atoms with Gasteiger partial charge >= 0.3 is 125 Å². The Bertz CT molecular complexity index is 664. The van der Waals surface area contributed by atoms with Crippen LogP contribution in [0, 0.1) is 0 Å². The van der Waals surface area contributed by atoms with Crippen LogP contribution in [0.5, 0.6) is 0 Å². The van der Waals surface area contributed by atoms with E-state index < -0.39 is 0 Å². The van der Waals surface area contributed by atoms with E-state index in [2.05, 4.69) is 36.1 Å². The summed E-state index contributed by atoms with van der Waals surface area (Å²) in [5.41, 5.74) is 2.00. The van der Waals surface area contributed by atoms with Crippen LogP contribution < -0.4 is 9.36 Å². The van der Waals surface area contributed by atoms with Gasteiger partial charge in [0.15, 0.2) is 0 Å². The third-order valence-corrected chi connectivity index (χ3v) is 5.60. The van der Waals surface area contributed by atoms with Gasteiger partial charge in [0.05, 0.1) is 0 Å². The molecule has 0 fully saturated rings. The van der Waals surface area contributed by atoms with Crippen LogP contribution in [-0.4, -0.2) is 27.3 Å². The summed E-state index contributed by atoms with van der Waals surface area (Å²) in [4.78, 5) is 14.6. The van der Waals surface area contributed by atoms with Crippen molar-refractivity contribution in [3.63, 3.8) is 0 Å². The minimum atomic E-state index is 0.0914. The van der Waals surface area contributed by atoms with Crippen molar-refractivity contribution in [1.29, 1.82) is 0 Å². The third kappa shape index (κ3) is 2.43. The average molecular weight is 328 g/mol. The van der Waals surface area contributed by atoms with Gasteiger partial charge < -0.3 is 0 Å². The van der Waals surface area contributed by atoms with Crippen LogP contribution in [0.3, 0.4) is 0 Å². The summed E-state index contributed by atoms with van der Waals surface area (Å²) in [6, 6.07) is 17.9. The van der Waals surface area contributed by atoms with Gasteiger partial charge in [-0.25, -0.2) is 0 Å². The van der Waals surface area contributed by atoms with Crippen LogP contribution in [0.4, 0.5) is 5.69 Å². The fourth-order valence-corrected chi connectivity index (χ4v) is 4.71. The minimum absolute atomic E-state index is 0.0914. The molecule has 2 aromatic rings. The fraction of sp³-hybridized carbons (Fsp3) is 0.118. The molecule has 0 spiro atoms. The van der Waals surface area contributed by atoms with E-state index in [1.165, 1.54) is 10.1 Å². The second-order valence-electron chi connectivity index (χ2n) is 4.53. The summed E-state index contributed by atoms with van der Waals surface area (Å²) in [7, 11) is 0. The molecule has 2 aromatic carbocycles. The Morgan fingerprint density at radius 2 is 1.80 bits per heavy atom. The monoisotopic (exact) mass is 329 g/mol. The Balaban J connectivity index is 1.92. The average Bonchev–Trinajstić information content (AvgIpc) is 2.85. The number of carbonyl (C=O) groups is 1. The topological polar surface area (TPSA) is 20.3 Å². The maximum atomic E-state index is 12.3. The number of nitrogens with zero attached hydrogens (tertiary/aromatic N) is 1. The fourth-order valence-electron chi connectivity index (χ4n) is 2.28. The number of anilines is 1. The van der Waals surface area contributed by atoms with Crippen molar-refractivity contribution in [3.8, 4) is 0 Å². The SMILES string of the molecule is CCN1C(=CC(=O)c2ccccc2)[Se]c2ccccc21. The number of fused-ring (bicyclic) bond motifs is 1. The molecular weight excluding hydrogens is 313 g/mol. The predicted octanol–water partition coefficient (Wildman–Crippen LogP) is 2.58. The number of allylic oxidation sites excluding steroid dienone is 1. The molecule has 0 radical (unpaired) electrons. The molecule has 0 aromatic heterocycles. The van der Waals surface area contributed by atoms with Crippen LogP contribution in [0.25, 0.3) is 0 Å². The van der Waals surface area contributed by atoms with Crippen molar-refractivity contribution >= 4 is 30.9 Å². The molecule has 0 saturated carbocycles. The van der Waals surface area contributed by atoms with Crippen LogP contribution in [0.15, 0.2) is 65.3 Å². The Hall–Kier alpha value is -1.83. The van der Waals surface area contributed by atoms with Gasteiger partial charge in [-0.1, -0.05) is 0 Å². The molecule has 100 valence electrons. The zero-order valence-electron chi connectivity index (χ0n) is 11.2. The van der Waals surface area contributed by atoms with Crippen molar-refractivity contribution in [2.75, 3.05) is 11.4 Å². The number of rotatable bonds is 3. The van der Waals surface area contributed by atoms with Gasteiger partial charge in [0.25, 0.3) is 0 Å². The van der Waals surface area contributed by atoms with Crippen molar-refractivity contribution in [1.82, 2.24) is 0 Å². The molecule has 0 unspecified atom stereocenters. The molecule has 0 atom stereocenters. The van der Waals surface area contributed by atoms with Gasteiger partial charge in [0.1, 0.15) is 0 Å². The molecule has 0 N–H and O–H groups in total. The Morgan fingerprint density at radius 1 is 1.10 bits per heavy atom. The summed E-state index contributed by atoms with van der Waals surface area (Å²) < 4.78 is 2.50. The number of hydrogen-bond acceptors (Lipinski definition) is 2. The van der Waals surface area contributed by atoms with Crippen molar-refractivity contribution in [3.05, 3.63) is 70.8 Å². The molecule has 1 aliphatic rings. The predicted molar refractivity (Wildman–Crippen MR) is 83.7 cm³/mol. The van der Waals surface area contributed by atoms with E-state index in [1.807, 2.05) is 30.3 Å². The third-order valence-electron chi connectivity index (χ3n) is 3.27. The van der Waals surface area contributed by atoms with E-state index >= 15 is 0 Å². The van der Waals surface area contributed by atoms with E-state index in [4.69, 9.17) is 0 Å². The van der Waals surface area contributed by atoms with Crippen molar-refractivity contribution in [2.45, 2.75) is 6.92 Å². The first-order valence-corrected chi connectivity index (χ1v) is 8.36. The molecule has 0 aliphatic carbocycles. The maximum absolute atomic E-state index is 12.3. The summed E-state index contributed by atoms with van der Waals surface area (Å²) >= 11 is 0.219. The normalized spacial score (nSPS) is 15.4. The number of hydrogen-bond donors (Lipinski definition) is 0. The molecule has 2 nitrogen and oxygen atoms in total. The van der Waals surface area contributed by atoms with Crippen LogP contribution in [-0.2, 0) is 0 Å². The molecule has 1 heterocycles. The summed E-state index contributed by atoms with van der Waals surface area (Å²) in [6.45, 7) is 3.02. The van der Waals surface area contributed by atoms with E-state index in [0.29, 0.717) is 0 Å². The van der Waals surface area contributed by atoms with E-state index in [0.717, 1.165) is 16.7 Å². The summed E-state index contributed by atoms with van der Waals surface area (Å²) in [5, 5.41) is 0. The molecule has 0 bridgehead atoms. The van der Waals surface area contributed by atoms with E-state index in [1.54, 1.807) is 6.08 Å². The number of para-hydroxylation sites is 1. The Morgan fingerprint density at radius 3 is 2.55 bits per heavy atom. The van der Waals surface area contributed by atoms with Gasteiger partial charge in [-0.05, 0) is 0 Å². The zero-order valence-corrected chi connectivity index (χ0v) is 13.0. The van der Waals surface area contributed by atoms with Crippen LogP contribution in [0.2, 0.25) is 0 Å². The Kier molecular flexibility index (Phi) is 3.72. The van der Waals surface area contributed by atoms with Gasteiger partial charge in [-0.15, -0.1) is 0 Å². The summed E-state index contributed by atoms with van der Waals surface area (Å²) in [6.07, 6.45) is 1.80. The molecule has 1 aliphatic heterocycles. The standard InChI is InChI=1S/C17H15NOSe/c1-2-18-14-10-6-7-11-16(14)20-17(18)12-15(19)13-8-4-3-5-9-13/h3-12H,2H2,1H3. The second-order valence-corrected chi connectivity index (χ2v) is 6.76. The molecule has 0 saturated heterocycles. The van der Waals surface area contributed by atoms with Gasteiger partial charge in [0, 0.05) is 0 Å². The van der Waals surface area contributed by atoms with Gasteiger partial charge in [-0.3, -0.25) is 0 Å². The number of carbonyl (C=O) groups excluding carboxylic acids is 1. The molecule has 20 heavy (non-hydrogen) atoms. The zero-order chi connectivity index (χ0) is 13.9. The van der Waals surface area contributed by atoms with E-state index in [9.17, 15) is 4.79 Å². The molecule has 0 amide bonds. The van der Waals surface area contributed by atoms with E-state index in [-0.39, 0.29) is 20.7 Å². The quantitative estimate of drug-likeness (QED) is 0.490.